The molecule has 0 fully saturated rings. The number of anilines is 1. The fraction of sp³-hybridized carbons (Fsp3) is 0.400. The summed E-state index contributed by atoms with van der Waals surface area (Å²) < 4.78 is 36.7. The molecule has 1 aromatic carbocycles. The predicted molar refractivity (Wildman–Crippen MR) is 55.4 cm³/mol. The lowest BCUT2D eigenvalue weighted by Crippen LogP contribution is -2.19. The Balaban J connectivity index is 2.81. The highest BCUT2D eigenvalue weighted by Gasteiger charge is 2.29. The van der Waals surface area contributed by atoms with Crippen LogP contribution in [0.1, 0.15) is 5.56 Å². The smallest absolute Gasteiger partial charge is 0.373 e. The summed E-state index contributed by atoms with van der Waals surface area (Å²) in [4.78, 5) is 1.80. The van der Waals surface area contributed by atoms with E-state index in [-0.39, 0.29) is 0 Å². The molecule has 0 aliphatic rings. The van der Waals surface area contributed by atoms with Crippen molar-refractivity contribution in [3.8, 4) is 0 Å². The van der Waals surface area contributed by atoms with Gasteiger partial charge in [-0.3, -0.25) is 0 Å². The van der Waals surface area contributed by atoms with E-state index in [0.717, 1.165) is 17.8 Å². The van der Waals surface area contributed by atoms with Crippen molar-refractivity contribution in [1.29, 1.82) is 0 Å². The summed E-state index contributed by atoms with van der Waals surface area (Å²) in [6.07, 6.45) is -4.27. The van der Waals surface area contributed by atoms with E-state index in [9.17, 15) is 13.2 Å². The molecular weight excluding hydrogens is 227 g/mol. The number of alkyl halides is 4. The third-order valence-corrected chi connectivity index (χ3v) is 2.22. The maximum absolute atomic E-state index is 12.2. The van der Waals surface area contributed by atoms with Gasteiger partial charge in [-0.2, -0.15) is 13.2 Å². The van der Waals surface area contributed by atoms with Gasteiger partial charge in [-0.05, 0) is 24.3 Å². The Morgan fingerprint density at radius 2 is 1.73 bits per heavy atom. The van der Waals surface area contributed by atoms with Crippen molar-refractivity contribution < 1.29 is 13.2 Å². The number of hydrogen-bond donors (Lipinski definition) is 0. The number of hydrogen-bond acceptors (Lipinski definition) is 1. The minimum absolute atomic E-state index is 0.442. The maximum Gasteiger partial charge on any atom is 0.416 e. The molecule has 0 bridgehead atoms. The van der Waals surface area contributed by atoms with Crippen LogP contribution >= 0.6 is 11.6 Å². The van der Waals surface area contributed by atoms with Crippen LogP contribution in [0.2, 0.25) is 0 Å². The van der Waals surface area contributed by atoms with Crippen LogP contribution in [-0.4, -0.2) is 19.5 Å². The van der Waals surface area contributed by atoms with Gasteiger partial charge in [0, 0.05) is 25.2 Å². The van der Waals surface area contributed by atoms with Gasteiger partial charge in [0.2, 0.25) is 0 Å². The fourth-order valence-corrected chi connectivity index (χ4v) is 1.41. The second-order valence-electron chi connectivity index (χ2n) is 3.16. The molecule has 0 N–H and O–H groups in total. The summed E-state index contributed by atoms with van der Waals surface area (Å²) in [5.74, 6) is 0.442. The summed E-state index contributed by atoms with van der Waals surface area (Å²) in [7, 11) is 1.78. The summed E-state index contributed by atoms with van der Waals surface area (Å²) in [5, 5.41) is 0. The third-order valence-electron chi connectivity index (χ3n) is 2.06. The van der Waals surface area contributed by atoms with Gasteiger partial charge < -0.3 is 4.90 Å². The molecule has 1 aromatic rings. The number of benzene rings is 1. The zero-order valence-corrected chi connectivity index (χ0v) is 8.94. The monoisotopic (exact) mass is 237 g/mol. The highest BCUT2D eigenvalue weighted by Crippen LogP contribution is 2.30. The first-order valence-electron chi connectivity index (χ1n) is 4.39. The Hall–Kier alpha value is -0.900. The zero-order chi connectivity index (χ0) is 11.5. The second-order valence-corrected chi connectivity index (χ2v) is 3.53. The predicted octanol–water partition coefficient (Wildman–Crippen LogP) is 3.38. The Morgan fingerprint density at radius 1 is 1.20 bits per heavy atom. The fourth-order valence-electron chi connectivity index (χ4n) is 1.16. The Labute approximate surface area is 91.5 Å². The molecule has 5 heteroatoms. The highest BCUT2D eigenvalue weighted by atomic mass is 35.5. The van der Waals surface area contributed by atoms with Gasteiger partial charge in [-0.15, -0.1) is 11.6 Å². The van der Waals surface area contributed by atoms with Gasteiger partial charge in [-0.25, -0.2) is 0 Å². The van der Waals surface area contributed by atoms with E-state index in [1.807, 2.05) is 0 Å². The molecule has 0 saturated carbocycles. The lowest BCUT2D eigenvalue weighted by Gasteiger charge is -2.18. The van der Waals surface area contributed by atoms with Gasteiger partial charge >= 0.3 is 6.18 Å². The molecule has 15 heavy (non-hydrogen) atoms. The number of rotatable bonds is 3. The average Bonchev–Trinajstić information content (AvgIpc) is 2.17. The number of nitrogens with zero attached hydrogens (tertiary/aromatic N) is 1. The molecule has 0 unspecified atom stereocenters. The van der Waals surface area contributed by atoms with E-state index in [1.165, 1.54) is 12.1 Å². The van der Waals surface area contributed by atoms with Crippen molar-refractivity contribution in [3.63, 3.8) is 0 Å². The lowest BCUT2D eigenvalue weighted by molar-refractivity contribution is -0.137. The number of halogens is 4. The molecule has 0 saturated heterocycles. The van der Waals surface area contributed by atoms with Crippen LogP contribution in [0.5, 0.6) is 0 Å². The molecule has 1 rings (SSSR count). The van der Waals surface area contributed by atoms with E-state index in [0.29, 0.717) is 12.4 Å². The van der Waals surface area contributed by atoms with Crippen LogP contribution in [0.4, 0.5) is 18.9 Å². The molecular formula is C10H11ClF3N. The molecule has 0 aliphatic heterocycles. The van der Waals surface area contributed by atoms with Gasteiger partial charge in [0.25, 0.3) is 0 Å². The molecule has 0 aliphatic carbocycles. The van der Waals surface area contributed by atoms with E-state index in [4.69, 9.17) is 11.6 Å². The van der Waals surface area contributed by atoms with E-state index < -0.39 is 11.7 Å². The minimum Gasteiger partial charge on any atom is -0.373 e. The minimum atomic E-state index is -4.27. The molecule has 84 valence electrons. The first-order valence-corrected chi connectivity index (χ1v) is 4.93. The van der Waals surface area contributed by atoms with Crippen LogP contribution in [0.25, 0.3) is 0 Å². The lowest BCUT2D eigenvalue weighted by atomic mass is 10.2. The van der Waals surface area contributed by atoms with Gasteiger partial charge in [0.1, 0.15) is 0 Å². The van der Waals surface area contributed by atoms with Crippen molar-refractivity contribution in [2.75, 3.05) is 24.4 Å². The molecule has 0 heterocycles. The standard InChI is InChI=1S/C10H11ClF3N/c1-15(7-6-11)9-4-2-8(3-5-9)10(12,13)14/h2-5H,6-7H2,1H3. The molecule has 0 atom stereocenters. The highest BCUT2D eigenvalue weighted by molar-refractivity contribution is 6.18. The summed E-state index contributed by atoms with van der Waals surface area (Å²) in [6, 6.07) is 5.02. The average molecular weight is 238 g/mol. The van der Waals surface area contributed by atoms with E-state index >= 15 is 0 Å². The van der Waals surface area contributed by atoms with Crippen molar-refractivity contribution in [3.05, 3.63) is 29.8 Å². The van der Waals surface area contributed by atoms with Crippen molar-refractivity contribution in [1.82, 2.24) is 0 Å². The second kappa shape index (κ2) is 4.75. The van der Waals surface area contributed by atoms with Crippen molar-refractivity contribution in [2.45, 2.75) is 6.18 Å². The largest absolute Gasteiger partial charge is 0.416 e. The topological polar surface area (TPSA) is 3.24 Å². The van der Waals surface area contributed by atoms with Gasteiger partial charge in [-0.1, -0.05) is 0 Å². The Kier molecular flexibility index (Phi) is 3.85. The Morgan fingerprint density at radius 3 is 2.13 bits per heavy atom. The van der Waals surface area contributed by atoms with Crippen LogP contribution in [0.15, 0.2) is 24.3 Å². The SMILES string of the molecule is CN(CCCl)c1ccc(C(F)(F)F)cc1. The molecule has 0 aromatic heterocycles. The van der Waals surface area contributed by atoms with Crippen LogP contribution in [-0.2, 0) is 6.18 Å². The van der Waals surface area contributed by atoms with Gasteiger partial charge in [0.05, 0.1) is 5.56 Å². The van der Waals surface area contributed by atoms with Crippen molar-refractivity contribution >= 4 is 17.3 Å². The molecule has 0 spiro atoms. The third kappa shape index (κ3) is 3.30. The first-order chi connectivity index (χ1) is 6.95. The molecule has 0 radical (unpaired) electrons. The molecule has 1 nitrogen and oxygen atoms in total. The maximum atomic E-state index is 12.2. The zero-order valence-electron chi connectivity index (χ0n) is 8.18. The van der Waals surface area contributed by atoms with Crippen LogP contribution in [0.3, 0.4) is 0 Å². The van der Waals surface area contributed by atoms with Crippen molar-refractivity contribution in [2.24, 2.45) is 0 Å². The summed E-state index contributed by atoms with van der Waals surface area (Å²) in [6.45, 7) is 0.604. The quantitative estimate of drug-likeness (QED) is 0.729. The van der Waals surface area contributed by atoms with Crippen LogP contribution in [0, 0.1) is 0 Å². The normalized spacial score (nSPS) is 11.5. The van der Waals surface area contributed by atoms with E-state index in [1.54, 1.807) is 11.9 Å². The van der Waals surface area contributed by atoms with Crippen LogP contribution < -0.4 is 4.90 Å². The Bertz CT molecular complexity index is 307. The molecule has 0 amide bonds. The first kappa shape index (κ1) is 12.2. The summed E-state index contributed by atoms with van der Waals surface area (Å²) in [5.41, 5.74) is 0.0918. The van der Waals surface area contributed by atoms with E-state index in [2.05, 4.69) is 0 Å². The summed E-state index contributed by atoms with van der Waals surface area (Å²) >= 11 is 5.53. The van der Waals surface area contributed by atoms with Gasteiger partial charge in [0.15, 0.2) is 0 Å².